The molecule has 3 N–H and O–H groups in total. The number of nitrogens with one attached hydrogen (secondary N) is 1. The monoisotopic (exact) mass is 194 g/mol. The molecule has 0 aliphatic rings. The summed E-state index contributed by atoms with van der Waals surface area (Å²) in [6.45, 7) is 4.40. The Morgan fingerprint density at radius 2 is 2.21 bits per heavy atom. The third kappa shape index (κ3) is 3.40. The van der Waals surface area contributed by atoms with Crippen LogP contribution < -0.4 is 11.3 Å². The van der Waals surface area contributed by atoms with Crippen LogP contribution in [0.2, 0.25) is 0 Å². The molecule has 0 bridgehead atoms. The van der Waals surface area contributed by atoms with Gasteiger partial charge in [0.2, 0.25) is 0 Å². The van der Waals surface area contributed by atoms with Gasteiger partial charge in [-0.25, -0.2) is 9.97 Å². The molecule has 4 nitrogen and oxygen atoms in total. The number of rotatable bonds is 5. The van der Waals surface area contributed by atoms with Crippen LogP contribution in [0.1, 0.15) is 38.4 Å². The third-order valence-electron chi connectivity index (χ3n) is 2.20. The van der Waals surface area contributed by atoms with E-state index in [0.29, 0.717) is 5.92 Å². The van der Waals surface area contributed by atoms with Gasteiger partial charge in [-0.05, 0) is 24.8 Å². The van der Waals surface area contributed by atoms with Gasteiger partial charge in [-0.15, -0.1) is 0 Å². The van der Waals surface area contributed by atoms with Crippen molar-refractivity contribution in [3.05, 3.63) is 24.3 Å². The van der Waals surface area contributed by atoms with Crippen molar-refractivity contribution >= 4 is 0 Å². The van der Waals surface area contributed by atoms with Gasteiger partial charge >= 0.3 is 0 Å². The highest BCUT2D eigenvalue weighted by Crippen LogP contribution is 2.17. The lowest BCUT2D eigenvalue weighted by molar-refractivity contribution is 0.441. The van der Waals surface area contributed by atoms with Gasteiger partial charge in [-0.1, -0.05) is 13.8 Å². The normalized spacial score (nSPS) is 13.1. The van der Waals surface area contributed by atoms with Crippen LogP contribution in [-0.4, -0.2) is 9.97 Å². The lowest BCUT2D eigenvalue weighted by Gasteiger charge is -2.15. The standard InChI is InChI=1S/C10H18N4/c1-8(2)3-4-10(14-11)9-5-6-12-7-13-9/h5-8,10,14H,3-4,11H2,1-2H3. The average molecular weight is 194 g/mol. The summed E-state index contributed by atoms with van der Waals surface area (Å²) in [5.74, 6) is 6.17. The number of aromatic nitrogens is 2. The van der Waals surface area contributed by atoms with Gasteiger partial charge in [0.1, 0.15) is 6.33 Å². The summed E-state index contributed by atoms with van der Waals surface area (Å²) in [7, 11) is 0. The fourth-order valence-electron chi connectivity index (χ4n) is 1.32. The lowest BCUT2D eigenvalue weighted by Crippen LogP contribution is -2.28. The van der Waals surface area contributed by atoms with Crippen LogP contribution >= 0.6 is 0 Å². The van der Waals surface area contributed by atoms with E-state index in [1.54, 1.807) is 12.5 Å². The highest BCUT2D eigenvalue weighted by molar-refractivity contribution is 5.03. The van der Waals surface area contributed by atoms with Crippen LogP contribution in [0.15, 0.2) is 18.6 Å². The molecule has 0 radical (unpaired) electrons. The van der Waals surface area contributed by atoms with Crippen LogP contribution in [0.4, 0.5) is 0 Å². The lowest BCUT2D eigenvalue weighted by atomic mass is 10.0. The van der Waals surface area contributed by atoms with Crippen LogP contribution in [0.5, 0.6) is 0 Å². The van der Waals surface area contributed by atoms with Crippen molar-refractivity contribution in [1.29, 1.82) is 0 Å². The first-order valence-corrected chi connectivity index (χ1v) is 4.96. The number of nitrogens with zero attached hydrogens (tertiary/aromatic N) is 2. The fourth-order valence-corrected chi connectivity index (χ4v) is 1.32. The molecule has 0 amide bonds. The third-order valence-corrected chi connectivity index (χ3v) is 2.20. The molecular formula is C10H18N4. The molecule has 0 aromatic carbocycles. The maximum Gasteiger partial charge on any atom is 0.115 e. The number of hydrogen-bond donors (Lipinski definition) is 2. The van der Waals surface area contributed by atoms with E-state index in [9.17, 15) is 0 Å². The smallest absolute Gasteiger partial charge is 0.115 e. The molecule has 0 aliphatic carbocycles. The van der Waals surface area contributed by atoms with Crippen LogP contribution in [-0.2, 0) is 0 Å². The molecule has 78 valence electrons. The van der Waals surface area contributed by atoms with Gasteiger partial charge in [0.25, 0.3) is 0 Å². The molecule has 4 heteroatoms. The van der Waals surface area contributed by atoms with Crippen LogP contribution in [0.25, 0.3) is 0 Å². The molecule has 0 spiro atoms. The van der Waals surface area contributed by atoms with Crippen molar-refractivity contribution < 1.29 is 0 Å². The fraction of sp³-hybridized carbons (Fsp3) is 0.600. The first-order valence-electron chi connectivity index (χ1n) is 4.96. The molecule has 0 saturated heterocycles. The molecule has 1 aromatic heterocycles. The van der Waals surface area contributed by atoms with E-state index < -0.39 is 0 Å². The molecule has 1 atom stereocenters. The van der Waals surface area contributed by atoms with Gasteiger partial charge in [0.05, 0.1) is 11.7 Å². The molecule has 14 heavy (non-hydrogen) atoms. The molecule has 0 aliphatic heterocycles. The van der Waals surface area contributed by atoms with E-state index in [-0.39, 0.29) is 6.04 Å². The van der Waals surface area contributed by atoms with E-state index in [1.165, 1.54) is 0 Å². The van der Waals surface area contributed by atoms with Gasteiger partial charge < -0.3 is 0 Å². The molecule has 1 unspecified atom stereocenters. The van der Waals surface area contributed by atoms with Gasteiger partial charge in [-0.3, -0.25) is 11.3 Å². The maximum absolute atomic E-state index is 5.48. The van der Waals surface area contributed by atoms with Gasteiger partial charge in [-0.2, -0.15) is 0 Å². The summed E-state index contributed by atoms with van der Waals surface area (Å²) in [6, 6.07) is 2.03. The Morgan fingerprint density at radius 1 is 1.43 bits per heavy atom. The zero-order valence-electron chi connectivity index (χ0n) is 8.77. The summed E-state index contributed by atoms with van der Waals surface area (Å²) in [5, 5.41) is 0. The zero-order chi connectivity index (χ0) is 10.4. The minimum absolute atomic E-state index is 0.139. The van der Waals surface area contributed by atoms with Crippen molar-refractivity contribution in [3.63, 3.8) is 0 Å². The van der Waals surface area contributed by atoms with E-state index in [0.717, 1.165) is 18.5 Å². The van der Waals surface area contributed by atoms with Gasteiger partial charge in [0, 0.05) is 6.20 Å². The summed E-state index contributed by atoms with van der Waals surface area (Å²) in [6.07, 6.45) is 5.43. The summed E-state index contributed by atoms with van der Waals surface area (Å²) in [4.78, 5) is 8.05. The first kappa shape index (κ1) is 11.1. The number of nitrogens with two attached hydrogens (primary N) is 1. The Morgan fingerprint density at radius 3 is 2.71 bits per heavy atom. The second-order valence-electron chi connectivity index (χ2n) is 3.82. The Balaban J connectivity index is 2.54. The largest absolute Gasteiger partial charge is 0.271 e. The topological polar surface area (TPSA) is 63.8 Å². The molecule has 1 heterocycles. The van der Waals surface area contributed by atoms with Crippen molar-refractivity contribution in [3.8, 4) is 0 Å². The van der Waals surface area contributed by atoms with Gasteiger partial charge in [0.15, 0.2) is 0 Å². The number of hydrogen-bond acceptors (Lipinski definition) is 4. The minimum Gasteiger partial charge on any atom is -0.271 e. The van der Waals surface area contributed by atoms with E-state index in [2.05, 4.69) is 29.2 Å². The number of hydrazine groups is 1. The second-order valence-corrected chi connectivity index (χ2v) is 3.82. The Bertz CT molecular complexity index is 248. The summed E-state index contributed by atoms with van der Waals surface area (Å²) < 4.78 is 0. The molecule has 1 rings (SSSR count). The van der Waals surface area contributed by atoms with Crippen LogP contribution in [0.3, 0.4) is 0 Å². The van der Waals surface area contributed by atoms with E-state index in [4.69, 9.17) is 5.84 Å². The molecule has 0 saturated carbocycles. The van der Waals surface area contributed by atoms with Crippen LogP contribution in [0, 0.1) is 5.92 Å². The first-order chi connectivity index (χ1) is 6.74. The SMILES string of the molecule is CC(C)CCC(NN)c1ccncn1. The molecule has 0 fully saturated rings. The average Bonchev–Trinajstić information content (AvgIpc) is 2.20. The van der Waals surface area contributed by atoms with Crippen molar-refractivity contribution in [1.82, 2.24) is 15.4 Å². The summed E-state index contributed by atoms with van der Waals surface area (Å²) in [5.41, 5.74) is 3.74. The van der Waals surface area contributed by atoms with Crippen molar-refractivity contribution in [2.75, 3.05) is 0 Å². The predicted molar refractivity (Wildman–Crippen MR) is 56.2 cm³/mol. The second kappa shape index (κ2) is 5.67. The highest BCUT2D eigenvalue weighted by Gasteiger charge is 2.10. The summed E-state index contributed by atoms with van der Waals surface area (Å²) >= 11 is 0. The minimum atomic E-state index is 0.139. The van der Waals surface area contributed by atoms with Crippen molar-refractivity contribution in [2.45, 2.75) is 32.7 Å². The zero-order valence-corrected chi connectivity index (χ0v) is 8.77. The Hall–Kier alpha value is -1.00. The quantitative estimate of drug-likeness (QED) is 0.549. The molecule has 1 aromatic rings. The Kier molecular flexibility index (Phi) is 4.49. The Labute approximate surface area is 84.9 Å². The maximum atomic E-state index is 5.48. The molecular weight excluding hydrogens is 176 g/mol. The van der Waals surface area contributed by atoms with E-state index in [1.807, 2.05) is 6.07 Å². The van der Waals surface area contributed by atoms with Crippen molar-refractivity contribution in [2.24, 2.45) is 11.8 Å². The highest BCUT2D eigenvalue weighted by atomic mass is 15.2. The van der Waals surface area contributed by atoms with E-state index >= 15 is 0 Å². The predicted octanol–water partition coefficient (Wildman–Crippen LogP) is 1.42.